The SMILES string of the molecule is CC.N#CC1(c2cccc(Cl)c2)CCC2(CC1)OCCO2. The van der Waals surface area contributed by atoms with Gasteiger partial charge in [-0.15, -0.1) is 0 Å². The first-order valence-corrected chi connectivity index (χ1v) is 8.01. The monoisotopic (exact) mass is 307 g/mol. The summed E-state index contributed by atoms with van der Waals surface area (Å²) in [5.74, 6) is -0.432. The molecule has 0 bridgehead atoms. The third kappa shape index (κ3) is 3.23. The van der Waals surface area contributed by atoms with Crippen LogP contribution in [0.2, 0.25) is 5.02 Å². The Bertz CT molecular complexity index is 508. The highest BCUT2D eigenvalue weighted by molar-refractivity contribution is 6.30. The van der Waals surface area contributed by atoms with Crippen molar-refractivity contribution in [3.05, 3.63) is 34.9 Å². The lowest BCUT2D eigenvalue weighted by atomic mass is 9.69. The number of hydrogen-bond donors (Lipinski definition) is 0. The standard InChI is InChI=1S/C15H16ClNO2.C2H6/c16-13-3-1-2-12(10-13)14(11-17)4-6-15(7-5-14)18-8-9-19-15;1-2/h1-3,10H,4-9H2;1-2H3. The van der Waals surface area contributed by atoms with Crippen molar-refractivity contribution in [1.29, 1.82) is 5.26 Å². The zero-order valence-electron chi connectivity index (χ0n) is 12.7. The van der Waals surface area contributed by atoms with Gasteiger partial charge in [0.05, 0.1) is 24.7 Å². The molecule has 0 unspecified atom stereocenters. The molecule has 0 amide bonds. The van der Waals surface area contributed by atoms with Gasteiger partial charge in [0.2, 0.25) is 0 Å². The molecule has 1 spiro atoms. The van der Waals surface area contributed by atoms with Gasteiger partial charge in [0, 0.05) is 17.9 Å². The number of halogens is 1. The van der Waals surface area contributed by atoms with E-state index in [1.165, 1.54) is 0 Å². The minimum Gasteiger partial charge on any atom is -0.348 e. The van der Waals surface area contributed by atoms with Crippen LogP contribution in [0.25, 0.3) is 0 Å². The largest absolute Gasteiger partial charge is 0.348 e. The summed E-state index contributed by atoms with van der Waals surface area (Å²) in [6.07, 6.45) is 3.05. The van der Waals surface area contributed by atoms with E-state index in [0.29, 0.717) is 18.2 Å². The fourth-order valence-electron chi connectivity index (χ4n) is 3.09. The second kappa shape index (κ2) is 6.79. The van der Waals surface area contributed by atoms with Gasteiger partial charge in [0.15, 0.2) is 5.79 Å². The molecule has 0 atom stereocenters. The van der Waals surface area contributed by atoms with Gasteiger partial charge in [-0.1, -0.05) is 37.6 Å². The Kier molecular flexibility index (Phi) is 5.27. The van der Waals surface area contributed by atoms with Crippen molar-refractivity contribution in [3.63, 3.8) is 0 Å². The van der Waals surface area contributed by atoms with Crippen molar-refractivity contribution in [1.82, 2.24) is 0 Å². The molecule has 0 aromatic heterocycles. The summed E-state index contributed by atoms with van der Waals surface area (Å²) in [5.41, 5.74) is 0.557. The molecule has 0 N–H and O–H groups in total. The van der Waals surface area contributed by atoms with Crippen LogP contribution in [0, 0.1) is 11.3 Å². The van der Waals surface area contributed by atoms with Crippen LogP contribution in [0.15, 0.2) is 24.3 Å². The van der Waals surface area contributed by atoms with E-state index >= 15 is 0 Å². The lowest BCUT2D eigenvalue weighted by molar-refractivity contribution is -0.182. The molecular weight excluding hydrogens is 286 g/mol. The van der Waals surface area contributed by atoms with Crippen molar-refractivity contribution in [2.45, 2.75) is 50.7 Å². The van der Waals surface area contributed by atoms with Gasteiger partial charge >= 0.3 is 0 Å². The molecule has 1 aromatic rings. The minimum atomic E-state index is -0.453. The molecule has 2 aliphatic rings. The Labute approximate surface area is 131 Å². The second-order valence-electron chi connectivity index (χ2n) is 5.31. The minimum absolute atomic E-state index is 0.432. The van der Waals surface area contributed by atoms with Crippen molar-refractivity contribution in [2.24, 2.45) is 0 Å². The Morgan fingerprint density at radius 1 is 1.10 bits per heavy atom. The summed E-state index contributed by atoms with van der Waals surface area (Å²) in [6, 6.07) is 10.1. The van der Waals surface area contributed by atoms with Gasteiger partial charge in [0.25, 0.3) is 0 Å². The predicted molar refractivity (Wildman–Crippen MR) is 83.2 cm³/mol. The maximum Gasteiger partial charge on any atom is 0.168 e. The first-order valence-electron chi connectivity index (χ1n) is 7.63. The van der Waals surface area contributed by atoms with E-state index in [2.05, 4.69) is 6.07 Å². The summed E-state index contributed by atoms with van der Waals surface area (Å²) in [6.45, 7) is 5.33. The quantitative estimate of drug-likeness (QED) is 0.770. The Hall–Kier alpha value is -1.08. The van der Waals surface area contributed by atoms with E-state index in [9.17, 15) is 5.26 Å². The smallest absolute Gasteiger partial charge is 0.168 e. The molecule has 1 saturated carbocycles. The van der Waals surface area contributed by atoms with Crippen LogP contribution >= 0.6 is 11.6 Å². The number of nitrogens with zero attached hydrogens (tertiary/aromatic N) is 1. The number of nitriles is 1. The third-order valence-corrected chi connectivity index (χ3v) is 4.51. The third-order valence-electron chi connectivity index (χ3n) is 4.27. The highest BCUT2D eigenvalue weighted by atomic mass is 35.5. The highest BCUT2D eigenvalue weighted by Gasteiger charge is 2.47. The van der Waals surface area contributed by atoms with Crippen LogP contribution in [0.1, 0.15) is 45.1 Å². The summed E-state index contributed by atoms with van der Waals surface area (Å²) in [4.78, 5) is 0. The maximum atomic E-state index is 9.64. The van der Waals surface area contributed by atoms with Crippen LogP contribution < -0.4 is 0 Å². The molecule has 1 aliphatic carbocycles. The van der Waals surface area contributed by atoms with Gasteiger partial charge < -0.3 is 9.47 Å². The molecule has 1 aliphatic heterocycles. The average molecular weight is 308 g/mol. The van der Waals surface area contributed by atoms with Crippen LogP contribution in [0.3, 0.4) is 0 Å². The van der Waals surface area contributed by atoms with E-state index in [4.69, 9.17) is 21.1 Å². The molecule has 21 heavy (non-hydrogen) atoms. The number of rotatable bonds is 1. The van der Waals surface area contributed by atoms with Gasteiger partial charge in [-0.05, 0) is 30.5 Å². The molecule has 1 aromatic carbocycles. The van der Waals surface area contributed by atoms with Crippen molar-refractivity contribution in [3.8, 4) is 6.07 Å². The van der Waals surface area contributed by atoms with E-state index in [-0.39, 0.29) is 0 Å². The highest BCUT2D eigenvalue weighted by Crippen LogP contribution is 2.46. The normalized spacial score (nSPS) is 22.2. The van der Waals surface area contributed by atoms with Gasteiger partial charge in [-0.25, -0.2) is 0 Å². The lowest BCUT2D eigenvalue weighted by Crippen LogP contribution is -2.41. The number of hydrogen-bond acceptors (Lipinski definition) is 3. The van der Waals surface area contributed by atoms with Crippen LogP contribution in [-0.2, 0) is 14.9 Å². The number of benzene rings is 1. The van der Waals surface area contributed by atoms with E-state index in [0.717, 1.165) is 31.2 Å². The summed E-state index contributed by atoms with van der Waals surface area (Å²) >= 11 is 6.04. The summed E-state index contributed by atoms with van der Waals surface area (Å²) in [7, 11) is 0. The maximum absolute atomic E-state index is 9.64. The van der Waals surface area contributed by atoms with Crippen LogP contribution in [0.5, 0.6) is 0 Å². The molecule has 4 heteroatoms. The molecule has 1 heterocycles. The molecular formula is C17H22ClNO2. The molecule has 3 nitrogen and oxygen atoms in total. The zero-order chi connectivity index (χ0) is 15.3. The van der Waals surface area contributed by atoms with Crippen molar-refractivity contribution in [2.75, 3.05) is 13.2 Å². The first-order chi connectivity index (χ1) is 10.2. The predicted octanol–water partition coefficient (Wildman–Crippen LogP) is 4.44. The number of ether oxygens (including phenoxy) is 2. The molecule has 3 rings (SSSR count). The van der Waals surface area contributed by atoms with Gasteiger partial charge in [-0.2, -0.15) is 5.26 Å². The molecule has 1 saturated heterocycles. The molecule has 114 valence electrons. The first kappa shape index (κ1) is 16.3. The zero-order valence-corrected chi connectivity index (χ0v) is 13.4. The van der Waals surface area contributed by atoms with E-state index in [1.54, 1.807) is 0 Å². The van der Waals surface area contributed by atoms with Gasteiger partial charge in [0.1, 0.15) is 0 Å². The van der Waals surface area contributed by atoms with Crippen LogP contribution in [-0.4, -0.2) is 19.0 Å². The van der Waals surface area contributed by atoms with E-state index < -0.39 is 11.2 Å². The fourth-order valence-corrected chi connectivity index (χ4v) is 3.28. The Morgan fingerprint density at radius 2 is 1.71 bits per heavy atom. The second-order valence-corrected chi connectivity index (χ2v) is 5.75. The van der Waals surface area contributed by atoms with Crippen LogP contribution in [0.4, 0.5) is 0 Å². The topological polar surface area (TPSA) is 42.2 Å². The van der Waals surface area contributed by atoms with E-state index in [1.807, 2.05) is 38.1 Å². The van der Waals surface area contributed by atoms with Gasteiger partial charge in [-0.3, -0.25) is 0 Å². The molecule has 0 radical (unpaired) electrons. The lowest BCUT2D eigenvalue weighted by Gasteiger charge is -2.40. The van der Waals surface area contributed by atoms with Crippen molar-refractivity contribution < 1.29 is 9.47 Å². The Balaban J connectivity index is 0.000000774. The summed E-state index contributed by atoms with van der Waals surface area (Å²) in [5, 5.41) is 10.3. The fraction of sp³-hybridized carbons (Fsp3) is 0.588. The Morgan fingerprint density at radius 3 is 2.24 bits per heavy atom. The summed E-state index contributed by atoms with van der Waals surface area (Å²) < 4.78 is 11.4. The average Bonchev–Trinajstić information content (AvgIpc) is 2.99. The molecule has 2 fully saturated rings. The van der Waals surface area contributed by atoms with Crippen molar-refractivity contribution >= 4 is 11.6 Å².